The van der Waals surface area contributed by atoms with Gasteiger partial charge in [-0.1, -0.05) is 48.0 Å². The Labute approximate surface area is 121 Å². The molecule has 0 aliphatic rings. The Morgan fingerprint density at radius 3 is 2.55 bits per heavy atom. The first kappa shape index (κ1) is 13.0. The maximum absolute atomic E-state index is 14.1. The highest BCUT2D eigenvalue weighted by atomic mass is 35.5. The van der Waals surface area contributed by atoms with E-state index in [0.29, 0.717) is 5.56 Å². The van der Waals surface area contributed by atoms with Crippen molar-refractivity contribution in [2.24, 2.45) is 5.73 Å². The van der Waals surface area contributed by atoms with Crippen LogP contribution < -0.4 is 5.73 Å². The van der Waals surface area contributed by atoms with Gasteiger partial charge in [-0.2, -0.15) is 0 Å². The number of aromatic nitrogens is 1. The molecule has 1 aromatic heterocycles. The van der Waals surface area contributed by atoms with Gasteiger partial charge >= 0.3 is 0 Å². The lowest BCUT2D eigenvalue weighted by atomic mass is 9.96. The average molecular weight is 287 g/mol. The predicted octanol–water partition coefficient (Wildman–Crippen LogP) is 4.08. The minimum atomic E-state index is -0.604. The van der Waals surface area contributed by atoms with Gasteiger partial charge in [-0.3, -0.25) is 4.98 Å². The monoisotopic (exact) mass is 286 g/mol. The van der Waals surface area contributed by atoms with Crippen molar-refractivity contribution in [2.45, 2.75) is 6.04 Å². The fourth-order valence-corrected chi connectivity index (χ4v) is 2.49. The first-order valence-electron chi connectivity index (χ1n) is 6.21. The molecule has 0 radical (unpaired) electrons. The molecule has 2 aromatic carbocycles. The van der Waals surface area contributed by atoms with Crippen LogP contribution in [0.3, 0.4) is 0 Å². The molecule has 3 rings (SSSR count). The molecule has 100 valence electrons. The molecule has 3 aromatic rings. The quantitative estimate of drug-likeness (QED) is 0.771. The molecule has 0 amide bonds. The summed E-state index contributed by atoms with van der Waals surface area (Å²) in [6.45, 7) is 0. The Hall–Kier alpha value is -1.97. The smallest absolute Gasteiger partial charge is 0.146 e. The molecule has 2 nitrogen and oxygen atoms in total. The molecule has 20 heavy (non-hydrogen) atoms. The minimum Gasteiger partial charge on any atom is -0.320 e. The number of nitrogens with zero attached hydrogens (tertiary/aromatic N) is 1. The van der Waals surface area contributed by atoms with Crippen molar-refractivity contribution in [3.05, 3.63) is 76.7 Å². The summed E-state index contributed by atoms with van der Waals surface area (Å²) in [7, 11) is 0. The van der Waals surface area contributed by atoms with Crippen LogP contribution in [-0.4, -0.2) is 4.98 Å². The van der Waals surface area contributed by atoms with Crippen molar-refractivity contribution < 1.29 is 4.39 Å². The summed E-state index contributed by atoms with van der Waals surface area (Å²) in [6, 6.07) is 13.8. The van der Waals surface area contributed by atoms with Crippen LogP contribution in [0.25, 0.3) is 10.9 Å². The number of nitrogens with two attached hydrogens (primary N) is 1. The first-order chi connectivity index (χ1) is 9.68. The number of pyridine rings is 1. The molecule has 0 fully saturated rings. The Balaban J connectivity index is 2.18. The minimum absolute atomic E-state index is 0.0751. The van der Waals surface area contributed by atoms with Gasteiger partial charge in [0.2, 0.25) is 0 Å². The molecule has 0 aliphatic heterocycles. The molecule has 1 unspecified atom stereocenters. The third-order valence-corrected chi connectivity index (χ3v) is 3.61. The summed E-state index contributed by atoms with van der Waals surface area (Å²) in [4.78, 5) is 4.34. The van der Waals surface area contributed by atoms with Gasteiger partial charge in [0.25, 0.3) is 0 Å². The molecule has 2 N–H and O–H groups in total. The van der Waals surface area contributed by atoms with Crippen LogP contribution in [0.5, 0.6) is 0 Å². The average Bonchev–Trinajstić information content (AvgIpc) is 2.49. The molecule has 0 spiro atoms. The van der Waals surface area contributed by atoms with Crippen molar-refractivity contribution in [1.82, 2.24) is 4.98 Å². The van der Waals surface area contributed by atoms with Crippen LogP contribution in [0.15, 0.2) is 54.7 Å². The Morgan fingerprint density at radius 2 is 1.70 bits per heavy atom. The molecule has 0 saturated carbocycles. The summed E-state index contributed by atoms with van der Waals surface area (Å²) in [5.41, 5.74) is 8.15. The molecule has 4 heteroatoms. The maximum Gasteiger partial charge on any atom is 0.146 e. The van der Waals surface area contributed by atoms with Gasteiger partial charge in [0.05, 0.1) is 16.6 Å². The van der Waals surface area contributed by atoms with Crippen molar-refractivity contribution in [2.75, 3.05) is 0 Å². The predicted molar refractivity (Wildman–Crippen MR) is 79.2 cm³/mol. The Kier molecular flexibility index (Phi) is 3.38. The fourth-order valence-electron chi connectivity index (χ4n) is 2.31. The molecule has 0 aliphatic carbocycles. The van der Waals surface area contributed by atoms with Crippen molar-refractivity contribution >= 4 is 22.5 Å². The van der Waals surface area contributed by atoms with Crippen LogP contribution in [-0.2, 0) is 0 Å². The van der Waals surface area contributed by atoms with Crippen LogP contribution >= 0.6 is 11.6 Å². The highest BCUT2D eigenvalue weighted by Crippen LogP contribution is 2.29. The van der Waals surface area contributed by atoms with E-state index >= 15 is 0 Å². The SMILES string of the molecule is NC(c1cccc(Cl)c1F)c1cccc2cccnc12. The summed E-state index contributed by atoms with van der Waals surface area (Å²) in [5.74, 6) is -0.477. The number of hydrogen-bond acceptors (Lipinski definition) is 2. The summed E-state index contributed by atoms with van der Waals surface area (Å²) in [6.07, 6.45) is 1.70. The highest BCUT2D eigenvalue weighted by Gasteiger charge is 2.17. The maximum atomic E-state index is 14.1. The fraction of sp³-hybridized carbons (Fsp3) is 0.0625. The second-order valence-electron chi connectivity index (χ2n) is 4.54. The largest absolute Gasteiger partial charge is 0.320 e. The zero-order valence-electron chi connectivity index (χ0n) is 10.6. The van der Waals surface area contributed by atoms with Crippen molar-refractivity contribution in [1.29, 1.82) is 0 Å². The van der Waals surface area contributed by atoms with Crippen LogP contribution in [0, 0.1) is 5.82 Å². The lowest BCUT2D eigenvalue weighted by Crippen LogP contribution is -2.14. The lowest BCUT2D eigenvalue weighted by molar-refractivity contribution is 0.600. The standard InChI is InChI=1S/C16H12ClFN2/c17-13-8-2-6-11(14(13)18)15(19)12-7-1-4-10-5-3-9-20-16(10)12/h1-9,15H,19H2. The number of para-hydroxylation sites is 1. The zero-order chi connectivity index (χ0) is 14.1. The molecule has 0 saturated heterocycles. The number of fused-ring (bicyclic) bond motifs is 1. The van der Waals surface area contributed by atoms with E-state index in [2.05, 4.69) is 4.98 Å². The van der Waals surface area contributed by atoms with Crippen LogP contribution in [0.4, 0.5) is 4.39 Å². The van der Waals surface area contributed by atoms with E-state index in [1.807, 2.05) is 30.3 Å². The van der Waals surface area contributed by atoms with Gasteiger partial charge in [-0.15, -0.1) is 0 Å². The van der Waals surface area contributed by atoms with Crippen molar-refractivity contribution in [3.63, 3.8) is 0 Å². The number of rotatable bonds is 2. The topological polar surface area (TPSA) is 38.9 Å². The van der Waals surface area contributed by atoms with E-state index < -0.39 is 11.9 Å². The third kappa shape index (κ3) is 2.15. The second-order valence-corrected chi connectivity index (χ2v) is 4.95. The third-order valence-electron chi connectivity index (χ3n) is 3.32. The Morgan fingerprint density at radius 1 is 1.00 bits per heavy atom. The van der Waals surface area contributed by atoms with Crippen molar-refractivity contribution in [3.8, 4) is 0 Å². The van der Waals surface area contributed by atoms with E-state index in [0.717, 1.165) is 16.5 Å². The number of hydrogen-bond donors (Lipinski definition) is 1. The van der Waals surface area contributed by atoms with E-state index in [9.17, 15) is 4.39 Å². The summed E-state index contributed by atoms with van der Waals surface area (Å²) >= 11 is 5.82. The van der Waals surface area contributed by atoms with Gasteiger partial charge < -0.3 is 5.73 Å². The van der Waals surface area contributed by atoms with Crippen LogP contribution in [0.1, 0.15) is 17.2 Å². The van der Waals surface area contributed by atoms with Crippen LogP contribution in [0.2, 0.25) is 5.02 Å². The second kappa shape index (κ2) is 5.19. The normalized spacial score (nSPS) is 12.6. The van der Waals surface area contributed by atoms with E-state index in [-0.39, 0.29) is 5.02 Å². The summed E-state index contributed by atoms with van der Waals surface area (Å²) < 4.78 is 14.1. The molecular formula is C16H12ClFN2. The molecular weight excluding hydrogens is 275 g/mol. The van der Waals surface area contributed by atoms with Gasteiger partial charge in [0.1, 0.15) is 5.82 Å². The Bertz CT molecular complexity index is 768. The van der Waals surface area contributed by atoms with Gasteiger partial charge in [0, 0.05) is 17.1 Å². The van der Waals surface area contributed by atoms with Gasteiger partial charge in [-0.05, 0) is 17.7 Å². The number of benzene rings is 2. The lowest BCUT2D eigenvalue weighted by Gasteiger charge is -2.15. The highest BCUT2D eigenvalue weighted by molar-refractivity contribution is 6.30. The van der Waals surface area contributed by atoms with E-state index in [1.54, 1.807) is 18.3 Å². The first-order valence-corrected chi connectivity index (χ1v) is 6.59. The number of halogens is 2. The van der Waals surface area contributed by atoms with E-state index in [1.165, 1.54) is 6.07 Å². The summed E-state index contributed by atoms with van der Waals surface area (Å²) in [5, 5.41) is 1.05. The molecule has 1 heterocycles. The molecule has 1 atom stereocenters. The zero-order valence-corrected chi connectivity index (χ0v) is 11.3. The molecule has 0 bridgehead atoms. The van der Waals surface area contributed by atoms with E-state index in [4.69, 9.17) is 17.3 Å². The van der Waals surface area contributed by atoms with Gasteiger partial charge in [0.15, 0.2) is 0 Å². The van der Waals surface area contributed by atoms with Gasteiger partial charge in [-0.25, -0.2) is 4.39 Å².